The number of hydrogen-bond acceptors (Lipinski definition) is 3. The van der Waals surface area contributed by atoms with Crippen LogP contribution >= 0.6 is 0 Å². The molecule has 0 radical (unpaired) electrons. The molecule has 0 aliphatic carbocycles. The zero-order valence-corrected chi connectivity index (χ0v) is 24.5. The Labute approximate surface area is 243 Å². The average Bonchev–Trinajstić information content (AvgIpc) is 2.97. The molecule has 0 aliphatic rings. The molecule has 0 aliphatic heterocycles. The van der Waals surface area contributed by atoms with E-state index in [1.807, 2.05) is 0 Å². The van der Waals surface area contributed by atoms with Crippen LogP contribution in [0, 0.1) is 17.5 Å². The molecule has 3 aromatic carbocycles. The van der Waals surface area contributed by atoms with Crippen molar-refractivity contribution in [1.29, 1.82) is 0 Å². The first-order valence-corrected chi connectivity index (χ1v) is 15.2. The SMILES string of the molecule is CCCCCCCCOc1ccc(-c2ccc(C(=O)Oc3ccc(CCCCCCCC)c(F)c3)cc2)c(F)c1F. The molecule has 0 heterocycles. The van der Waals surface area contributed by atoms with E-state index in [1.165, 1.54) is 81.0 Å². The van der Waals surface area contributed by atoms with Crippen LogP contribution in [0.1, 0.15) is 107 Å². The van der Waals surface area contributed by atoms with Crippen molar-refractivity contribution in [3.8, 4) is 22.6 Å². The molecule has 3 nitrogen and oxygen atoms in total. The van der Waals surface area contributed by atoms with Crippen molar-refractivity contribution in [1.82, 2.24) is 0 Å². The summed E-state index contributed by atoms with van der Waals surface area (Å²) >= 11 is 0. The van der Waals surface area contributed by atoms with E-state index in [0.29, 0.717) is 24.2 Å². The molecule has 0 spiro atoms. The van der Waals surface area contributed by atoms with Crippen molar-refractivity contribution < 1.29 is 27.4 Å². The number of hydrogen-bond donors (Lipinski definition) is 0. The van der Waals surface area contributed by atoms with Gasteiger partial charge in [0.15, 0.2) is 11.6 Å². The van der Waals surface area contributed by atoms with Crippen LogP contribution in [0.2, 0.25) is 0 Å². The molecular formula is C35H43F3O3. The van der Waals surface area contributed by atoms with E-state index in [9.17, 15) is 18.0 Å². The molecule has 0 atom stereocenters. The van der Waals surface area contributed by atoms with Crippen molar-refractivity contribution in [2.24, 2.45) is 0 Å². The lowest BCUT2D eigenvalue weighted by atomic mass is 10.0. The Morgan fingerprint density at radius 1 is 0.683 bits per heavy atom. The maximum atomic E-state index is 14.8. The van der Waals surface area contributed by atoms with E-state index in [4.69, 9.17) is 9.47 Å². The van der Waals surface area contributed by atoms with Crippen molar-refractivity contribution in [3.63, 3.8) is 0 Å². The maximum Gasteiger partial charge on any atom is 0.343 e. The Balaban J connectivity index is 1.53. The fourth-order valence-electron chi connectivity index (χ4n) is 4.77. The fraction of sp³-hybridized carbons (Fsp3) is 0.457. The molecule has 3 rings (SSSR count). The van der Waals surface area contributed by atoms with E-state index in [1.54, 1.807) is 12.1 Å². The van der Waals surface area contributed by atoms with E-state index >= 15 is 0 Å². The smallest absolute Gasteiger partial charge is 0.343 e. The summed E-state index contributed by atoms with van der Waals surface area (Å²) in [4.78, 5) is 12.6. The molecule has 0 fully saturated rings. The van der Waals surface area contributed by atoms with Crippen LogP contribution in [0.15, 0.2) is 54.6 Å². The Bertz CT molecular complexity index is 1220. The topological polar surface area (TPSA) is 35.5 Å². The van der Waals surface area contributed by atoms with E-state index in [-0.39, 0.29) is 22.6 Å². The van der Waals surface area contributed by atoms with Gasteiger partial charge in [0.05, 0.1) is 12.2 Å². The minimum absolute atomic E-state index is 0.0670. The molecule has 0 saturated heterocycles. The first-order valence-electron chi connectivity index (χ1n) is 15.2. The molecule has 0 amide bonds. The molecule has 222 valence electrons. The number of carbonyl (C=O) groups excluding carboxylic acids is 1. The number of aryl methyl sites for hydroxylation is 1. The second-order valence-corrected chi connectivity index (χ2v) is 10.6. The minimum Gasteiger partial charge on any atom is -0.490 e. The highest BCUT2D eigenvalue weighted by Gasteiger charge is 2.17. The molecule has 6 heteroatoms. The normalized spacial score (nSPS) is 11.0. The number of rotatable bonds is 18. The predicted octanol–water partition coefficient (Wildman–Crippen LogP) is 10.6. The second kappa shape index (κ2) is 17.5. The van der Waals surface area contributed by atoms with Gasteiger partial charge in [0.1, 0.15) is 11.6 Å². The summed E-state index contributed by atoms with van der Waals surface area (Å²) in [6, 6.07) is 13.4. The Morgan fingerprint density at radius 2 is 1.32 bits per heavy atom. The van der Waals surface area contributed by atoms with Gasteiger partial charge in [-0.1, -0.05) is 96.3 Å². The van der Waals surface area contributed by atoms with Crippen molar-refractivity contribution >= 4 is 5.97 Å². The monoisotopic (exact) mass is 568 g/mol. The second-order valence-electron chi connectivity index (χ2n) is 10.6. The van der Waals surface area contributed by atoms with Gasteiger partial charge >= 0.3 is 5.97 Å². The minimum atomic E-state index is -1.03. The zero-order valence-electron chi connectivity index (χ0n) is 24.5. The lowest BCUT2D eigenvalue weighted by Crippen LogP contribution is -2.09. The third-order valence-electron chi connectivity index (χ3n) is 7.27. The molecule has 41 heavy (non-hydrogen) atoms. The highest BCUT2D eigenvalue weighted by molar-refractivity contribution is 5.91. The van der Waals surface area contributed by atoms with Crippen LogP contribution in [-0.4, -0.2) is 12.6 Å². The zero-order chi connectivity index (χ0) is 29.5. The van der Waals surface area contributed by atoms with Crippen LogP contribution in [0.5, 0.6) is 11.5 Å². The summed E-state index contributed by atoms with van der Waals surface area (Å²) < 4.78 is 54.9. The van der Waals surface area contributed by atoms with Gasteiger partial charge in [0.25, 0.3) is 0 Å². The van der Waals surface area contributed by atoms with Gasteiger partial charge in [-0.3, -0.25) is 0 Å². The summed E-state index contributed by atoms with van der Waals surface area (Å²) in [5.74, 6) is -3.07. The summed E-state index contributed by atoms with van der Waals surface area (Å²) in [5, 5.41) is 0. The number of ether oxygens (including phenoxy) is 2. The number of benzene rings is 3. The molecule has 3 aromatic rings. The predicted molar refractivity (Wildman–Crippen MR) is 159 cm³/mol. The quantitative estimate of drug-likeness (QED) is 0.0870. The summed E-state index contributed by atoms with van der Waals surface area (Å²) in [5.41, 5.74) is 1.30. The summed E-state index contributed by atoms with van der Waals surface area (Å²) in [6.45, 7) is 4.67. The van der Waals surface area contributed by atoms with Crippen LogP contribution in [0.3, 0.4) is 0 Å². The largest absolute Gasteiger partial charge is 0.490 e. The Kier molecular flexibility index (Phi) is 13.8. The first kappa shape index (κ1) is 32.2. The summed E-state index contributed by atoms with van der Waals surface area (Å²) in [7, 11) is 0. The van der Waals surface area contributed by atoms with Gasteiger partial charge in [-0.25, -0.2) is 13.6 Å². The van der Waals surface area contributed by atoms with E-state index in [0.717, 1.165) is 38.5 Å². The molecule has 0 unspecified atom stereocenters. The highest BCUT2D eigenvalue weighted by Crippen LogP contribution is 2.30. The average molecular weight is 569 g/mol. The number of esters is 1. The lowest BCUT2D eigenvalue weighted by Gasteiger charge is -2.11. The van der Waals surface area contributed by atoms with Crippen molar-refractivity contribution in [2.75, 3.05) is 6.61 Å². The standard InChI is InChI=1S/C35H43F3O3/c1-3-5-7-9-11-13-15-27-20-21-29(25-31(27)36)41-35(39)28-18-16-26(17-19-28)30-22-23-32(34(38)33(30)37)40-24-14-12-10-8-6-4-2/h16-23,25H,3-15,24H2,1-2H3. The van der Waals surface area contributed by atoms with Gasteiger partial charge in [0, 0.05) is 11.6 Å². The first-order chi connectivity index (χ1) is 19.9. The lowest BCUT2D eigenvalue weighted by molar-refractivity contribution is 0.0734. The number of unbranched alkanes of at least 4 members (excludes halogenated alkanes) is 10. The molecule has 0 bridgehead atoms. The van der Waals surface area contributed by atoms with Crippen molar-refractivity contribution in [3.05, 3.63) is 83.2 Å². The molecule has 0 N–H and O–H groups in total. The summed E-state index contributed by atoms with van der Waals surface area (Å²) in [6.07, 6.45) is 13.9. The number of halogens is 3. The Hall–Kier alpha value is -3.28. The fourth-order valence-corrected chi connectivity index (χ4v) is 4.77. The molecule has 0 aromatic heterocycles. The van der Waals surface area contributed by atoms with Crippen molar-refractivity contribution in [2.45, 2.75) is 97.3 Å². The van der Waals surface area contributed by atoms with Gasteiger partial charge in [-0.05, 0) is 60.7 Å². The van der Waals surface area contributed by atoms with E-state index < -0.39 is 23.4 Å². The van der Waals surface area contributed by atoms with E-state index in [2.05, 4.69) is 13.8 Å². The van der Waals surface area contributed by atoms with Crippen LogP contribution in [0.25, 0.3) is 11.1 Å². The third-order valence-corrected chi connectivity index (χ3v) is 7.27. The molecular weight excluding hydrogens is 525 g/mol. The van der Waals surface area contributed by atoms with Crippen LogP contribution < -0.4 is 9.47 Å². The van der Waals surface area contributed by atoms with Gasteiger partial charge in [-0.15, -0.1) is 0 Å². The third kappa shape index (κ3) is 10.2. The Morgan fingerprint density at radius 3 is 1.98 bits per heavy atom. The highest BCUT2D eigenvalue weighted by atomic mass is 19.2. The van der Waals surface area contributed by atoms with Gasteiger partial charge in [-0.2, -0.15) is 4.39 Å². The maximum absolute atomic E-state index is 14.8. The van der Waals surface area contributed by atoms with Crippen LogP contribution in [-0.2, 0) is 6.42 Å². The van der Waals surface area contributed by atoms with Gasteiger partial charge in [0.2, 0.25) is 5.82 Å². The van der Waals surface area contributed by atoms with Crippen LogP contribution in [0.4, 0.5) is 13.2 Å². The molecule has 0 saturated carbocycles. The van der Waals surface area contributed by atoms with Gasteiger partial charge < -0.3 is 9.47 Å². The number of carbonyl (C=O) groups is 1.